The first kappa shape index (κ1) is 18.0. The van der Waals surface area contributed by atoms with Crippen LogP contribution in [0.4, 0.5) is 11.4 Å². The molecule has 0 unspecified atom stereocenters. The Hall–Kier alpha value is -2.85. The molecule has 0 aliphatic carbocycles. The lowest BCUT2D eigenvalue weighted by Crippen LogP contribution is -2.27. The molecule has 1 N–H and O–H groups in total. The third kappa shape index (κ3) is 3.55. The summed E-state index contributed by atoms with van der Waals surface area (Å²) in [5.41, 5.74) is 2.92. The van der Waals surface area contributed by atoms with Crippen molar-refractivity contribution in [3.8, 4) is 6.07 Å². The molecular formula is C19H19N3O3S. The standard InChI is InChI=1S/C19H19N3O3S/c1-2-19(23)22-12-10-15-13-17(7-8-18(15)22)26(24,25)21-16-5-3-14(4-6-16)9-11-20/h3-8,13,21H,2,9-10,12H2,1H3. The van der Waals surface area contributed by atoms with E-state index < -0.39 is 10.0 Å². The Morgan fingerprint density at radius 2 is 1.96 bits per heavy atom. The van der Waals surface area contributed by atoms with Crippen molar-refractivity contribution in [3.63, 3.8) is 0 Å². The average molecular weight is 369 g/mol. The normalized spacial score (nSPS) is 13.2. The number of benzene rings is 2. The number of nitrogens with zero attached hydrogens (tertiary/aromatic N) is 2. The SMILES string of the molecule is CCC(=O)N1CCc2cc(S(=O)(=O)Nc3ccc(CC#N)cc3)ccc21. The van der Waals surface area contributed by atoms with Crippen LogP contribution in [0.3, 0.4) is 0 Å². The van der Waals surface area contributed by atoms with Crippen molar-refractivity contribution in [2.75, 3.05) is 16.2 Å². The van der Waals surface area contributed by atoms with E-state index in [1.165, 1.54) is 6.07 Å². The molecule has 0 saturated carbocycles. The number of carbonyl (C=O) groups excluding carboxylic acids is 1. The van der Waals surface area contributed by atoms with E-state index in [-0.39, 0.29) is 17.2 Å². The molecule has 26 heavy (non-hydrogen) atoms. The monoisotopic (exact) mass is 369 g/mol. The van der Waals surface area contributed by atoms with Gasteiger partial charge in [0.05, 0.1) is 17.4 Å². The third-order valence-corrected chi connectivity index (χ3v) is 5.73. The van der Waals surface area contributed by atoms with Gasteiger partial charge in [0, 0.05) is 24.3 Å². The fraction of sp³-hybridized carbons (Fsp3) is 0.263. The van der Waals surface area contributed by atoms with Gasteiger partial charge in [-0.05, 0) is 47.9 Å². The third-order valence-electron chi connectivity index (χ3n) is 4.35. The number of sulfonamides is 1. The van der Waals surface area contributed by atoms with Crippen molar-refractivity contribution in [1.29, 1.82) is 5.26 Å². The summed E-state index contributed by atoms with van der Waals surface area (Å²) in [5.74, 6) is 0.0370. The number of hydrogen-bond acceptors (Lipinski definition) is 4. The van der Waals surface area contributed by atoms with Crippen LogP contribution in [0.25, 0.3) is 0 Å². The zero-order valence-electron chi connectivity index (χ0n) is 14.4. The van der Waals surface area contributed by atoms with E-state index in [1.54, 1.807) is 41.3 Å². The van der Waals surface area contributed by atoms with Gasteiger partial charge in [-0.2, -0.15) is 5.26 Å². The first-order valence-corrected chi connectivity index (χ1v) is 9.85. The molecule has 2 aromatic rings. The van der Waals surface area contributed by atoms with Crippen molar-refractivity contribution < 1.29 is 13.2 Å². The van der Waals surface area contributed by atoms with Crippen molar-refractivity contribution in [1.82, 2.24) is 0 Å². The molecule has 134 valence electrons. The van der Waals surface area contributed by atoms with Crippen LogP contribution in [-0.4, -0.2) is 20.9 Å². The summed E-state index contributed by atoms with van der Waals surface area (Å²) < 4.78 is 27.8. The number of anilines is 2. The summed E-state index contributed by atoms with van der Waals surface area (Å²) in [6.45, 7) is 2.39. The Morgan fingerprint density at radius 1 is 1.23 bits per heavy atom. The van der Waals surface area contributed by atoms with Crippen molar-refractivity contribution in [2.45, 2.75) is 31.1 Å². The molecule has 0 fully saturated rings. The number of nitriles is 1. The van der Waals surface area contributed by atoms with Gasteiger partial charge in [-0.3, -0.25) is 9.52 Å². The lowest BCUT2D eigenvalue weighted by atomic mass is 10.1. The molecule has 0 spiro atoms. The van der Waals surface area contributed by atoms with Gasteiger partial charge in [-0.1, -0.05) is 19.1 Å². The van der Waals surface area contributed by atoms with E-state index in [2.05, 4.69) is 10.8 Å². The molecule has 0 radical (unpaired) electrons. The molecule has 3 rings (SSSR count). The molecule has 1 aliphatic rings. The zero-order chi connectivity index (χ0) is 18.7. The first-order chi connectivity index (χ1) is 12.4. The maximum atomic E-state index is 12.6. The molecule has 0 aromatic heterocycles. The van der Waals surface area contributed by atoms with Crippen LogP contribution in [0.2, 0.25) is 0 Å². The smallest absolute Gasteiger partial charge is 0.261 e. The molecule has 0 atom stereocenters. The van der Waals surface area contributed by atoms with Gasteiger partial charge in [0.2, 0.25) is 5.91 Å². The maximum Gasteiger partial charge on any atom is 0.261 e. The van der Waals surface area contributed by atoms with Crippen LogP contribution >= 0.6 is 0 Å². The number of fused-ring (bicyclic) bond motifs is 1. The van der Waals surface area contributed by atoms with Crippen LogP contribution in [0.5, 0.6) is 0 Å². The fourth-order valence-corrected chi connectivity index (χ4v) is 4.10. The molecule has 1 aliphatic heterocycles. The summed E-state index contributed by atoms with van der Waals surface area (Å²) in [7, 11) is -3.72. The Morgan fingerprint density at radius 3 is 2.62 bits per heavy atom. The van der Waals surface area contributed by atoms with E-state index >= 15 is 0 Å². The van der Waals surface area contributed by atoms with E-state index in [0.717, 1.165) is 16.8 Å². The van der Waals surface area contributed by atoms with E-state index in [0.29, 0.717) is 25.1 Å². The lowest BCUT2D eigenvalue weighted by molar-refractivity contribution is -0.118. The van der Waals surface area contributed by atoms with Crippen molar-refractivity contribution in [3.05, 3.63) is 53.6 Å². The molecule has 0 bridgehead atoms. The summed E-state index contributed by atoms with van der Waals surface area (Å²) in [4.78, 5) is 13.8. The molecule has 2 aromatic carbocycles. The molecule has 6 nitrogen and oxygen atoms in total. The predicted molar refractivity (Wildman–Crippen MR) is 99.4 cm³/mol. The van der Waals surface area contributed by atoms with Gasteiger partial charge in [-0.25, -0.2) is 8.42 Å². The molecule has 7 heteroatoms. The van der Waals surface area contributed by atoms with Gasteiger partial charge >= 0.3 is 0 Å². The summed E-state index contributed by atoms with van der Waals surface area (Å²) in [6.07, 6.45) is 1.35. The minimum Gasteiger partial charge on any atom is -0.312 e. The Kier molecular flexibility index (Phi) is 4.96. The molecule has 0 saturated heterocycles. The highest BCUT2D eigenvalue weighted by molar-refractivity contribution is 7.92. The Balaban J connectivity index is 1.82. The highest BCUT2D eigenvalue weighted by Gasteiger charge is 2.25. The fourth-order valence-electron chi connectivity index (χ4n) is 2.99. The highest BCUT2D eigenvalue weighted by Crippen LogP contribution is 2.31. The van der Waals surface area contributed by atoms with E-state index in [1.807, 2.05) is 6.92 Å². The van der Waals surface area contributed by atoms with Crippen molar-refractivity contribution in [2.24, 2.45) is 0 Å². The second-order valence-electron chi connectivity index (χ2n) is 6.08. The van der Waals surface area contributed by atoms with Crippen molar-refractivity contribution >= 4 is 27.3 Å². The minimum atomic E-state index is -3.72. The summed E-state index contributed by atoms with van der Waals surface area (Å²) in [6, 6.07) is 13.6. The van der Waals surface area contributed by atoms with Crippen LogP contribution in [0, 0.1) is 11.3 Å². The van der Waals surface area contributed by atoms with E-state index in [4.69, 9.17) is 5.26 Å². The van der Waals surface area contributed by atoms with Crippen LogP contribution in [0.15, 0.2) is 47.4 Å². The topological polar surface area (TPSA) is 90.3 Å². The second kappa shape index (κ2) is 7.18. The van der Waals surface area contributed by atoms with Gasteiger partial charge in [0.1, 0.15) is 0 Å². The predicted octanol–water partition coefficient (Wildman–Crippen LogP) is 2.85. The second-order valence-corrected chi connectivity index (χ2v) is 7.76. The van der Waals surface area contributed by atoms with Gasteiger partial charge in [0.25, 0.3) is 10.0 Å². The number of nitrogens with one attached hydrogen (secondary N) is 1. The number of amides is 1. The number of hydrogen-bond donors (Lipinski definition) is 1. The number of carbonyl (C=O) groups is 1. The summed E-state index contributed by atoms with van der Waals surface area (Å²) in [5, 5.41) is 8.68. The number of rotatable bonds is 5. The van der Waals surface area contributed by atoms with Crippen LogP contribution < -0.4 is 9.62 Å². The van der Waals surface area contributed by atoms with E-state index in [9.17, 15) is 13.2 Å². The molecule has 1 heterocycles. The van der Waals surface area contributed by atoms with Gasteiger partial charge in [-0.15, -0.1) is 0 Å². The molecule has 1 amide bonds. The quantitative estimate of drug-likeness (QED) is 0.877. The van der Waals surface area contributed by atoms with Gasteiger partial charge in [0.15, 0.2) is 0 Å². The average Bonchev–Trinajstić information content (AvgIpc) is 3.06. The molecular weight excluding hydrogens is 350 g/mol. The summed E-state index contributed by atoms with van der Waals surface area (Å²) >= 11 is 0. The first-order valence-electron chi connectivity index (χ1n) is 8.36. The maximum absolute atomic E-state index is 12.6. The minimum absolute atomic E-state index is 0.0370. The largest absolute Gasteiger partial charge is 0.312 e. The lowest BCUT2D eigenvalue weighted by Gasteiger charge is -2.16. The highest BCUT2D eigenvalue weighted by atomic mass is 32.2. The van der Waals surface area contributed by atoms with Crippen LogP contribution in [-0.2, 0) is 27.7 Å². The van der Waals surface area contributed by atoms with Crippen LogP contribution in [0.1, 0.15) is 24.5 Å². The zero-order valence-corrected chi connectivity index (χ0v) is 15.2. The Labute approximate surface area is 153 Å². The van der Waals surface area contributed by atoms with Gasteiger partial charge < -0.3 is 4.90 Å². The Bertz CT molecular complexity index is 976.